The van der Waals surface area contributed by atoms with Crippen molar-refractivity contribution in [2.75, 3.05) is 25.5 Å². The van der Waals surface area contributed by atoms with Gasteiger partial charge in [-0.2, -0.15) is 13.2 Å². The number of carbonyl (C=O) groups excluding carboxylic acids is 1. The molecule has 0 spiro atoms. The first-order valence-electron chi connectivity index (χ1n) is 11.5. The van der Waals surface area contributed by atoms with E-state index in [0.717, 1.165) is 17.3 Å². The Morgan fingerprint density at radius 2 is 1.81 bits per heavy atom. The van der Waals surface area contributed by atoms with Crippen LogP contribution >= 0.6 is 0 Å². The highest BCUT2D eigenvalue weighted by molar-refractivity contribution is 5.70. The third-order valence-electron chi connectivity index (χ3n) is 6.27. The van der Waals surface area contributed by atoms with Gasteiger partial charge in [-0.15, -0.1) is 0 Å². The van der Waals surface area contributed by atoms with Crippen molar-refractivity contribution in [3.05, 3.63) is 83.2 Å². The number of hydrogen-bond donors (Lipinski definition) is 2. The molecule has 1 aliphatic rings. The molecule has 3 aromatic rings. The molecule has 1 amide bonds. The molecule has 1 atom stereocenters. The smallest absolute Gasteiger partial charge is 0.419 e. The second-order valence-electron chi connectivity index (χ2n) is 8.79. The van der Waals surface area contributed by atoms with E-state index in [1.807, 2.05) is 12.1 Å². The molecule has 2 aromatic carbocycles. The number of alkyl halides is 3. The summed E-state index contributed by atoms with van der Waals surface area (Å²) in [7, 11) is 1.19. The SMILES string of the molecule is COC(=O)CC(Cc1ccccc1)c1nc(Nc2ccc(C3CN(C(=O)O)C3)cc2)ncc1C(F)(F)F. The predicted octanol–water partition coefficient (Wildman–Crippen LogP) is 5.21. The van der Waals surface area contributed by atoms with Crippen LogP contribution in [0.5, 0.6) is 0 Å². The summed E-state index contributed by atoms with van der Waals surface area (Å²) >= 11 is 0. The van der Waals surface area contributed by atoms with Gasteiger partial charge in [0.15, 0.2) is 0 Å². The number of hydrogen-bond acceptors (Lipinski definition) is 6. The van der Waals surface area contributed by atoms with Crippen LogP contribution in [0, 0.1) is 0 Å². The van der Waals surface area contributed by atoms with Crippen molar-refractivity contribution in [3.8, 4) is 0 Å². The fraction of sp³-hybridized carbons (Fsp3) is 0.308. The molecule has 2 heterocycles. The number of esters is 1. The van der Waals surface area contributed by atoms with Gasteiger partial charge in [0.2, 0.25) is 5.95 Å². The lowest BCUT2D eigenvalue weighted by atomic mass is 9.90. The lowest BCUT2D eigenvalue weighted by Gasteiger charge is -2.37. The van der Waals surface area contributed by atoms with Gasteiger partial charge in [0.05, 0.1) is 24.8 Å². The minimum absolute atomic E-state index is 0.0422. The molecule has 1 saturated heterocycles. The van der Waals surface area contributed by atoms with Crippen LogP contribution in [0.2, 0.25) is 0 Å². The number of benzene rings is 2. The van der Waals surface area contributed by atoms with Crippen molar-refractivity contribution < 1.29 is 32.6 Å². The number of anilines is 2. The Hall–Kier alpha value is -4.15. The van der Waals surface area contributed by atoms with E-state index < -0.39 is 29.7 Å². The summed E-state index contributed by atoms with van der Waals surface area (Å²) in [6.45, 7) is 0.826. The van der Waals surface area contributed by atoms with E-state index in [9.17, 15) is 22.8 Å². The Morgan fingerprint density at radius 1 is 1.14 bits per heavy atom. The van der Waals surface area contributed by atoms with Crippen molar-refractivity contribution in [1.82, 2.24) is 14.9 Å². The van der Waals surface area contributed by atoms with Crippen molar-refractivity contribution >= 4 is 23.7 Å². The molecule has 4 rings (SSSR count). The molecule has 1 aliphatic heterocycles. The van der Waals surface area contributed by atoms with E-state index in [-0.39, 0.29) is 30.4 Å². The maximum absolute atomic E-state index is 13.9. The van der Waals surface area contributed by atoms with Gasteiger partial charge >= 0.3 is 18.2 Å². The Bertz CT molecular complexity index is 1250. The van der Waals surface area contributed by atoms with Gasteiger partial charge in [0.25, 0.3) is 0 Å². The number of carboxylic acid groups (broad SMARTS) is 1. The van der Waals surface area contributed by atoms with Gasteiger partial charge < -0.3 is 20.1 Å². The minimum atomic E-state index is -4.72. The molecule has 0 radical (unpaired) electrons. The van der Waals surface area contributed by atoms with Crippen LogP contribution in [-0.2, 0) is 22.1 Å². The van der Waals surface area contributed by atoms with Crippen molar-refractivity contribution in [1.29, 1.82) is 0 Å². The maximum Gasteiger partial charge on any atom is 0.419 e. The quantitative estimate of drug-likeness (QED) is 0.398. The number of nitrogens with one attached hydrogen (secondary N) is 1. The molecular weight excluding hydrogens is 489 g/mol. The maximum atomic E-state index is 13.9. The third-order valence-corrected chi connectivity index (χ3v) is 6.27. The highest BCUT2D eigenvalue weighted by Gasteiger charge is 2.38. The summed E-state index contributed by atoms with van der Waals surface area (Å²) in [6, 6.07) is 16.0. The van der Waals surface area contributed by atoms with Crippen LogP contribution in [0.4, 0.5) is 29.6 Å². The number of amides is 1. The third kappa shape index (κ3) is 6.35. The Kier molecular flexibility index (Phi) is 7.61. The molecule has 8 nitrogen and oxygen atoms in total. The van der Waals surface area contributed by atoms with Crippen molar-refractivity contribution in [2.24, 2.45) is 0 Å². The summed E-state index contributed by atoms with van der Waals surface area (Å²) in [4.78, 5) is 32.5. The van der Waals surface area contributed by atoms with Gasteiger partial charge in [-0.25, -0.2) is 14.8 Å². The van der Waals surface area contributed by atoms with E-state index >= 15 is 0 Å². The second-order valence-corrected chi connectivity index (χ2v) is 8.79. The van der Waals surface area contributed by atoms with Gasteiger partial charge in [-0.05, 0) is 29.7 Å². The molecule has 194 valence electrons. The number of halogens is 3. The van der Waals surface area contributed by atoms with Gasteiger partial charge in [-0.3, -0.25) is 4.79 Å². The first-order valence-corrected chi connectivity index (χ1v) is 11.5. The van der Waals surface area contributed by atoms with E-state index in [2.05, 4.69) is 15.3 Å². The summed E-state index contributed by atoms with van der Waals surface area (Å²) in [5.74, 6) is -1.49. The number of aromatic nitrogens is 2. The molecule has 0 saturated carbocycles. The standard InChI is InChI=1S/C26H25F3N4O4/c1-37-22(34)12-18(11-16-5-3-2-4-6-16)23-21(26(27,28)29)13-30-24(32-23)31-20-9-7-17(8-10-20)19-14-33(15-19)25(35)36/h2-10,13,18-19H,11-12,14-15H2,1H3,(H,35,36)(H,30,31,32). The zero-order chi connectivity index (χ0) is 26.6. The average Bonchev–Trinajstić information content (AvgIpc) is 2.83. The Morgan fingerprint density at radius 3 is 2.41 bits per heavy atom. The molecule has 1 fully saturated rings. The first kappa shape index (κ1) is 25.9. The van der Waals surface area contributed by atoms with Crippen LogP contribution in [0.3, 0.4) is 0 Å². The van der Waals surface area contributed by atoms with Crippen LogP contribution in [0.15, 0.2) is 60.8 Å². The predicted molar refractivity (Wildman–Crippen MR) is 129 cm³/mol. The zero-order valence-electron chi connectivity index (χ0n) is 19.9. The fourth-order valence-corrected chi connectivity index (χ4v) is 4.25. The largest absolute Gasteiger partial charge is 0.469 e. The molecule has 1 unspecified atom stereocenters. The Labute approximate surface area is 211 Å². The molecule has 2 N–H and O–H groups in total. The summed E-state index contributed by atoms with van der Waals surface area (Å²) in [5, 5.41) is 11.9. The second kappa shape index (κ2) is 10.9. The number of carbonyl (C=O) groups is 2. The molecule has 11 heteroatoms. The topological polar surface area (TPSA) is 105 Å². The normalized spacial score (nSPS) is 14.5. The van der Waals surface area contributed by atoms with Gasteiger partial charge in [0, 0.05) is 36.8 Å². The highest BCUT2D eigenvalue weighted by Crippen LogP contribution is 2.37. The summed E-state index contributed by atoms with van der Waals surface area (Å²) in [5.41, 5.74) is 0.963. The fourth-order valence-electron chi connectivity index (χ4n) is 4.25. The molecule has 37 heavy (non-hydrogen) atoms. The van der Waals surface area contributed by atoms with Gasteiger partial charge in [-0.1, -0.05) is 42.5 Å². The lowest BCUT2D eigenvalue weighted by molar-refractivity contribution is -0.143. The number of nitrogens with zero attached hydrogens (tertiary/aromatic N) is 3. The highest BCUT2D eigenvalue weighted by atomic mass is 19.4. The molecule has 0 bridgehead atoms. The van der Waals surface area contributed by atoms with Crippen molar-refractivity contribution in [3.63, 3.8) is 0 Å². The molecule has 0 aliphatic carbocycles. The van der Waals surface area contributed by atoms with Crippen LogP contribution in [-0.4, -0.2) is 52.2 Å². The number of likely N-dealkylation sites (tertiary alicyclic amines) is 1. The van der Waals surface area contributed by atoms with Crippen LogP contribution in [0.25, 0.3) is 0 Å². The number of rotatable bonds is 8. The number of methoxy groups -OCH3 is 1. The molecular formula is C26H25F3N4O4. The van der Waals surface area contributed by atoms with Crippen LogP contribution < -0.4 is 5.32 Å². The molecule has 1 aromatic heterocycles. The van der Waals surface area contributed by atoms with Crippen LogP contribution in [0.1, 0.15) is 40.6 Å². The average molecular weight is 515 g/mol. The summed E-state index contributed by atoms with van der Waals surface area (Å²) in [6.07, 6.45) is -5.08. The van der Waals surface area contributed by atoms with Gasteiger partial charge in [0.1, 0.15) is 0 Å². The minimum Gasteiger partial charge on any atom is -0.469 e. The number of ether oxygens (including phenoxy) is 1. The van der Waals surface area contributed by atoms with E-state index in [4.69, 9.17) is 9.84 Å². The van der Waals surface area contributed by atoms with E-state index in [1.165, 1.54) is 12.0 Å². The van der Waals surface area contributed by atoms with E-state index in [0.29, 0.717) is 18.8 Å². The summed E-state index contributed by atoms with van der Waals surface area (Å²) < 4.78 is 46.5. The monoisotopic (exact) mass is 514 g/mol. The van der Waals surface area contributed by atoms with E-state index in [1.54, 1.807) is 42.5 Å². The van der Waals surface area contributed by atoms with Crippen molar-refractivity contribution in [2.45, 2.75) is 30.9 Å². The zero-order valence-corrected chi connectivity index (χ0v) is 19.9. The Balaban J connectivity index is 1.59. The lowest BCUT2D eigenvalue weighted by Crippen LogP contribution is -2.47. The first-order chi connectivity index (χ1) is 17.6.